The van der Waals surface area contributed by atoms with E-state index in [-0.39, 0.29) is 24.3 Å². The number of carboxylic acid groups (broad SMARTS) is 1. The van der Waals surface area contributed by atoms with Crippen LogP contribution in [0.2, 0.25) is 0 Å². The number of hydrogen-bond acceptors (Lipinski definition) is 3. The molecular formula is C27H29F3N2O3. The standard InChI is InChI=1S/C27H29F3N2O3/c1-16-13-23(35-2)21(20-9-11-31-24(16)20)15-32-12-10-26(19-7-8-19,27(28,29)30)14-22(32)17-3-5-18(6-4-17)25(33)34/h3-6,9,11,13,19,22,31H,7-8,10,12,14-15H2,1-2H3,(H,33,34)/t22-,26-/m0/s1. The predicted molar refractivity (Wildman–Crippen MR) is 127 cm³/mol. The van der Waals surface area contributed by atoms with Gasteiger partial charge in [0.25, 0.3) is 0 Å². The molecule has 2 atom stereocenters. The fourth-order valence-corrected chi connectivity index (χ4v) is 5.92. The summed E-state index contributed by atoms with van der Waals surface area (Å²) in [5, 5.41) is 10.3. The molecule has 2 aliphatic rings. The van der Waals surface area contributed by atoms with E-state index in [2.05, 4.69) is 9.88 Å². The fourth-order valence-electron chi connectivity index (χ4n) is 5.92. The number of rotatable bonds is 6. The molecule has 5 nitrogen and oxygen atoms in total. The molecule has 186 valence electrons. The van der Waals surface area contributed by atoms with Crippen molar-refractivity contribution in [3.05, 3.63) is 64.8 Å². The summed E-state index contributed by atoms with van der Waals surface area (Å²) in [5.41, 5.74) is 2.08. The summed E-state index contributed by atoms with van der Waals surface area (Å²) in [5.74, 6) is -0.681. The molecule has 2 N–H and O–H groups in total. The molecule has 1 aliphatic heterocycles. The molecule has 1 saturated heterocycles. The number of fused-ring (bicyclic) bond motifs is 1. The third-order valence-electron chi connectivity index (χ3n) is 8.00. The summed E-state index contributed by atoms with van der Waals surface area (Å²) in [6, 6.07) is 9.73. The third kappa shape index (κ3) is 4.07. The number of benzene rings is 2. The topological polar surface area (TPSA) is 65.6 Å². The summed E-state index contributed by atoms with van der Waals surface area (Å²) >= 11 is 0. The van der Waals surface area contributed by atoms with E-state index in [0.29, 0.717) is 37.2 Å². The van der Waals surface area contributed by atoms with Gasteiger partial charge in [-0.1, -0.05) is 12.1 Å². The smallest absolute Gasteiger partial charge is 0.394 e. The van der Waals surface area contributed by atoms with Crippen molar-refractivity contribution in [3.8, 4) is 5.75 Å². The molecule has 1 saturated carbocycles. The predicted octanol–water partition coefficient (Wildman–Crippen LogP) is 6.48. The highest BCUT2D eigenvalue weighted by Gasteiger charge is 2.64. The molecule has 35 heavy (non-hydrogen) atoms. The number of nitrogens with zero attached hydrogens (tertiary/aromatic N) is 1. The largest absolute Gasteiger partial charge is 0.496 e. The number of aromatic carboxylic acids is 1. The number of carboxylic acids is 1. The summed E-state index contributed by atoms with van der Waals surface area (Å²) in [6.07, 6.45) is -1.16. The van der Waals surface area contributed by atoms with Gasteiger partial charge in [0.05, 0.1) is 18.1 Å². The van der Waals surface area contributed by atoms with Crippen LogP contribution in [-0.2, 0) is 6.54 Å². The first-order valence-electron chi connectivity index (χ1n) is 11.9. The van der Waals surface area contributed by atoms with E-state index in [4.69, 9.17) is 4.74 Å². The van der Waals surface area contributed by atoms with E-state index >= 15 is 0 Å². The van der Waals surface area contributed by atoms with E-state index in [1.165, 1.54) is 12.1 Å². The molecule has 1 aromatic heterocycles. The number of halogens is 3. The molecule has 2 fully saturated rings. The number of aromatic amines is 1. The minimum absolute atomic E-state index is 0.0297. The summed E-state index contributed by atoms with van der Waals surface area (Å²) in [7, 11) is 1.61. The Morgan fingerprint density at radius 1 is 1.23 bits per heavy atom. The van der Waals surface area contributed by atoms with Gasteiger partial charge in [-0.15, -0.1) is 0 Å². The van der Waals surface area contributed by atoms with Crippen LogP contribution in [0.5, 0.6) is 5.75 Å². The van der Waals surface area contributed by atoms with E-state index in [1.54, 1.807) is 19.2 Å². The molecule has 2 heterocycles. The Morgan fingerprint density at radius 3 is 2.54 bits per heavy atom. The molecule has 0 unspecified atom stereocenters. The zero-order chi connectivity index (χ0) is 25.0. The summed E-state index contributed by atoms with van der Waals surface area (Å²) < 4.78 is 49.2. The van der Waals surface area contributed by atoms with Crippen LogP contribution in [0.15, 0.2) is 42.6 Å². The van der Waals surface area contributed by atoms with Crippen molar-refractivity contribution in [2.45, 2.75) is 51.4 Å². The Morgan fingerprint density at radius 2 is 1.94 bits per heavy atom. The van der Waals surface area contributed by atoms with E-state index < -0.39 is 23.6 Å². The number of hydrogen-bond donors (Lipinski definition) is 2. The van der Waals surface area contributed by atoms with Gasteiger partial charge in [0.15, 0.2) is 0 Å². The van der Waals surface area contributed by atoms with Gasteiger partial charge in [0.2, 0.25) is 0 Å². The van der Waals surface area contributed by atoms with Crippen LogP contribution in [0.25, 0.3) is 10.9 Å². The third-order valence-corrected chi connectivity index (χ3v) is 8.00. The van der Waals surface area contributed by atoms with Crippen LogP contribution in [0.4, 0.5) is 13.2 Å². The molecule has 2 aromatic carbocycles. The van der Waals surface area contributed by atoms with Gasteiger partial charge in [-0.3, -0.25) is 4.90 Å². The van der Waals surface area contributed by atoms with Gasteiger partial charge in [-0.05, 0) is 80.5 Å². The van der Waals surface area contributed by atoms with Crippen LogP contribution in [0.3, 0.4) is 0 Å². The molecule has 8 heteroatoms. The molecule has 1 aliphatic carbocycles. The lowest BCUT2D eigenvalue weighted by Crippen LogP contribution is -2.50. The summed E-state index contributed by atoms with van der Waals surface area (Å²) in [6.45, 7) is 2.72. The minimum atomic E-state index is -4.28. The number of aryl methyl sites for hydroxylation is 1. The quantitative estimate of drug-likeness (QED) is 0.419. The maximum Gasteiger partial charge on any atom is 0.394 e. The fraction of sp³-hybridized carbons (Fsp3) is 0.444. The Hall–Kier alpha value is -3.00. The maximum atomic E-state index is 14.5. The van der Waals surface area contributed by atoms with Crippen molar-refractivity contribution in [2.75, 3.05) is 13.7 Å². The number of ether oxygens (including phenoxy) is 1. The number of methoxy groups -OCH3 is 1. The monoisotopic (exact) mass is 486 g/mol. The number of likely N-dealkylation sites (tertiary alicyclic amines) is 1. The first kappa shape index (κ1) is 23.7. The Bertz CT molecular complexity index is 1250. The molecule has 0 bridgehead atoms. The van der Waals surface area contributed by atoms with Crippen LogP contribution < -0.4 is 4.74 Å². The van der Waals surface area contributed by atoms with E-state index in [1.807, 2.05) is 25.3 Å². The SMILES string of the molecule is COc1cc(C)c2[nH]ccc2c1CN1CC[C@](C2CC2)(C(F)(F)F)C[C@H]1c1ccc(C(=O)O)cc1. The maximum absolute atomic E-state index is 14.5. The second kappa shape index (κ2) is 8.59. The number of nitrogens with one attached hydrogen (secondary N) is 1. The van der Waals surface area contributed by atoms with Gasteiger partial charge in [0, 0.05) is 35.2 Å². The van der Waals surface area contributed by atoms with Crippen LogP contribution in [0, 0.1) is 18.3 Å². The van der Waals surface area contributed by atoms with Crippen molar-refractivity contribution in [2.24, 2.45) is 11.3 Å². The number of carbonyl (C=O) groups is 1. The van der Waals surface area contributed by atoms with Gasteiger partial charge < -0.3 is 14.8 Å². The second-order valence-corrected chi connectivity index (χ2v) is 9.94. The number of alkyl halides is 3. The van der Waals surface area contributed by atoms with Gasteiger partial charge in [0.1, 0.15) is 5.75 Å². The van der Waals surface area contributed by atoms with Gasteiger partial charge in [-0.25, -0.2) is 4.79 Å². The van der Waals surface area contributed by atoms with Crippen LogP contribution in [-0.4, -0.2) is 40.8 Å². The molecular weight excluding hydrogens is 457 g/mol. The lowest BCUT2D eigenvalue weighted by Gasteiger charge is -2.48. The van der Waals surface area contributed by atoms with Crippen LogP contribution >= 0.6 is 0 Å². The zero-order valence-corrected chi connectivity index (χ0v) is 19.8. The average Bonchev–Trinajstić information content (AvgIpc) is 3.56. The first-order valence-corrected chi connectivity index (χ1v) is 11.9. The van der Waals surface area contributed by atoms with Crippen molar-refractivity contribution < 1.29 is 27.8 Å². The number of aromatic nitrogens is 1. The first-order chi connectivity index (χ1) is 16.6. The van der Waals surface area contributed by atoms with Crippen molar-refractivity contribution in [1.29, 1.82) is 0 Å². The second-order valence-electron chi connectivity index (χ2n) is 9.94. The highest BCUT2D eigenvalue weighted by molar-refractivity contribution is 5.88. The van der Waals surface area contributed by atoms with Gasteiger partial charge in [-0.2, -0.15) is 13.2 Å². The van der Waals surface area contributed by atoms with Crippen molar-refractivity contribution in [1.82, 2.24) is 9.88 Å². The highest BCUT2D eigenvalue weighted by atomic mass is 19.4. The Labute approximate surface area is 201 Å². The zero-order valence-electron chi connectivity index (χ0n) is 19.8. The minimum Gasteiger partial charge on any atom is -0.496 e. The van der Waals surface area contributed by atoms with Crippen molar-refractivity contribution in [3.63, 3.8) is 0 Å². The number of H-pyrrole nitrogens is 1. The van der Waals surface area contributed by atoms with Crippen molar-refractivity contribution >= 4 is 16.9 Å². The normalized spacial score (nSPS) is 23.5. The Kier molecular flexibility index (Phi) is 5.82. The lowest BCUT2D eigenvalue weighted by molar-refractivity contribution is -0.252. The van der Waals surface area contributed by atoms with E-state index in [0.717, 1.165) is 22.0 Å². The highest BCUT2D eigenvalue weighted by Crippen LogP contribution is 2.62. The summed E-state index contributed by atoms with van der Waals surface area (Å²) in [4.78, 5) is 16.7. The van der Waals surface area contributed by atoms with Crippen LogP contribution in [0.1, 0.15) is 58.8 Å². The molecule has 3 aromatic rings. The molecule has 0 amide bonds. The number of piperidine rings is 1. The van der Waals surface area contributed by atoms with E-state index in [9.17, 15) is 23.1 Å². The molecule has 5 rings (SSSR count). The average molecular weight is 487 g/mol. The Balaban J connectivity index is 1.56. The lowest BCUT2D eigenvalue weighted by atomic mass is 9.69. The molecule has 0 radical (unpaired) electrons. The van der Waals surface area contributed by atoms with Gasteiger partial charge >= 0.3 is 12.1 Å². The molecule has 0 spiro atoms.